The monoisotopic (exact) mass is 334 g/mol. The molecule has 2 rings (SSSR count). The van der Waals surface area contributed by atoms with Gasteiger partial charge in [0.1, 0.15) is 5.82 Å². The predicted molar refractivity (Wildman–Crippen MR) is 90.8 cm³/mol. The van der Waals surface area contributed by atoms with Gasteiger partial charge in [-0.25, -0.2) is 4.39 Å². The first-order valence-electron chi connectivity index (χ1n) is 7.94. The molecule has 0 bridgehead atoms. The van der Waals surface area contributed by atoms with Gasteiger partial charge in [-0.05, 0) is 36.1 Å². The minimum atomic E-state index is -0.621. The number of halogens is 1. The first-order valence-corrected chi connectivity index (χ1v) is 7.94. The maximum atomic E-state index is 13.1. The van der Waals surface area contributed by atoms with Gasteiger partial charge in [-0.2, -0.15) is 0 Å². The molecule has 2 amide bonds. The zero-order valence-corrected chi connectivity index (χ0v) is 13.9. The molecule has 0 aliphatic heterocycles. The molecule has 1 heterocycles. The second-order valence-corrected chi connectivity index (χ2v) is 6.09. The summed E-state index contributed by atoms with van der Waals surface area (Å²) in [5.74, 6) is -0.886. The Morgan fingerprint density at radius 3 is 2.75 bits per heavy atom. The summed E-state index contributed by atoms with van der Waals surface area (Å²) in [5, 5.41) is 6.19. The first-order chi connectivity index (χ1) is 11.4. The molecule has 24 heavy (non-hydrogen) atoms. The van der Waals surface area contributed by atoms with Crippen LogP contribution < -0.4 is 16.4 Å². The number of amides is 2. The SMILES string of the molecule is CC(C)[C@H](N)C(=O)NCC(=O)NCCc1c[nH]c2cc(F)ccc12. The van der Waals surface area contributed by atoms with E-state index in [-0.39, 0.29) is 30.1 Å². The summed E-state index contributed by atoms with van der Waals surface area (Å²) in [4.78, 5) is 26.4. The Bertz CT molecular complexity index is 726. The molecule has 0 saturated heterocycles. The van der Waals surface area contributed by atoms with Crippen LogP contribution in [0.15, 0.2) is 24.4 Å². The van der Waals surface area contributed by atoms with E-state index in [4.69, 9.17) is 5.73 Å². The molecule has 2 aromatic rings. The number of hydrogen-bond acceptors (Lipinski definition) is 3. The number of hydrogen-bond donors (Lipinski definition) is 4. The van der Waals surface area contributed by atoms with E-state index in [2.05, 4.69) is 15.6 Å². The second-order valence-electron chi connectivity index (χ2n) is 6.09. The molecular weight excluding hydrogens is 311 g/mol. The zero-order valence-electron chi connectivity index (χ0n) is 13.9. The maximum absolute atomic E-state index is 13.1. The van der Waals surface area contributed by atoms with Crippen molar-refractivity contribution in [2.24, 2.45) is 11.7 Å². The van der Waals surface area contributed by atoms with Crippen LogP contribution in [0.2, 0.25) is 0 Å². The van der Waals surface area contributed by atoms with Gasteiger partial charge in [0, 0.05) is 23.6 Å². The number of aromatic nitrogens is 1. The Labute approximate surface area is 140 Å². The van der Waals surface area contributed by atoms with Gasteiger partial charge in [0.05, 0.1) is 12.6 Å². The van der Waals surface area contributed by atoms with Crippen molar-refractivity contribution in [2.45, 2.75) is 26.3 Å². The number of fused-ring (bicyclic) bond motifs is 1. The lowest BCUT2D eigenvalue weighted by Gasteiger charge is -2.15. The smallest absolute Gasteiger partial charge is 0.239 e. The summed E-state index contributed by atoms with van der Waals surface area (Å²) >= 11 is 0. The Balaban J connectivity index is 1.77. The molecule has 6 nitrogen and oxygen atoms in total. The van der Waals surface area contributed by atoms with Gasteiger partial charge in [0.2, 0.25) is 11.8 Å². The first kappa shape index (κ1) is 17.9. The highest BCUT2D eigenvalue weighted by molar-refractivity contribution is 5.87. The van der Waals surface area contributed by atoms with Crippen molar-refractivity contribution in [1.82, 2.24) is 15.6 Å². The third-order valence-electron chi connectivity index (χ3n) is 3.89. The van der Waals surface area contributed by atoms with Gasteiger partial charge < -0.3 is 21.4 Å². The molecule has 0 aliphatic carbocycles. The Morgan fingerprint density at radius 1 is 1.29 bits per heavy atom. The molecule has 0 spiro atoms. The summed E-state index contributed by atoms with van der Waals surface area (Å²) in [6.45, 7) is 4.02. The molecule has 0 fully saturated rings. The number of carbonyl (C=O) groups excluding carboxylic acids is 2. The molecular formula is C17H23FN4O2. The third-order valence-corrected chi connectivity index (χ3v) is 3.89. The van der Waals surface area contributed by atoms with Crippen molar-refractivity contribution in [3.8, 4) is 0 Å². The largest absolute Gasteiger partial charge is 0.361 e. The van der Waals surface area contributed by atoms with Crippen LogP contribution in [0, 0.1) is 11.7 Å². The predicted octanol–water partition coefficient (Wildman–Crippen LogP) is 1.07. The Hall–Kier alpha value is -2.41. The van der Waals surface area contributed by atoms with E-state index in [0.717, 1.165) is 16.5 Å². The lowest BCUT2D eigenvalue weighted by molar-refractivity contribution is -0.127. The molecule has 1 aromatic heterocycles. The zero-order chi connectivity index (χ0) is 17.7. The molecule has 1 atom stereocenters. The fourth-order valence-electron chi connectivity index (χ4n) is 2.35. The fraction of sp³-hybridized carbons (Fsp3) is 0.412. The molecule has 130 valence electrons. The molecule has 0 saturated carbocycles. The number of carbonyl (C=O) groups is 2. The minimum Gasteiger partial charge on any atom is -0.361 e. The molecule has 7 heteroatoms. The van der Waals surface area contributed by atoms with Crippen LogP contribution in [0.5, 0.6) is 0 Å². The average Bonchev–Trinajstić information content (AvgIpc) is 2.93. The normalized spacial score (nSPS) is 12.4. The van der Waals surface area contributed by atoms with Crippen LogP contribution in [0.4, 0.5) is 4.39 Å². The lowest BCUT2D eigenvalue weighted by Crippen LogP contribution is -2.47. The van der Waals surface area contributed by atoms with Crippen molar-refractivity contribution < 1.29 is 14.0 Å². The van der Waals surface area contributed by atoms with Gasteiger partial charge >= 0.3 is 0 Å². The minimum absolute atomic E-state index is 0.0137. The van der Waals surface area contributed by atoms with Crippen LogP contribution in [-0.4, -0.2) is 35.9 Å². The van der Waals surface area contributed by atoms with Crippen LogP contribution in [0.3, 0.4) is 0 Å². The van der Waals surface area contributed by atoms with Crippen molar-refractivity contribution in [2.75, 3.05) is 13.1 Å². The summed E-state index contributed by atoms with van der Waals surface area (Å²) in [6.07, 6.45) is 2.41. The van der Waals surface area contributed by atoms with E-state index in [1.807, 2.05) is 13.8 Å². The number of benzene rings is 1. The van der Waals surface area contributed by atoms with Crippen molar-refractivity contribution in [3.63, 3.8) is 0 Å². The van der Waals surface area contributed by atoms with Gasteiger partial charge in [0.15, 0.2) is 0 Å². The van der Waals surface area contributed by atoms with Crippen LogP contribution in [-0.2, 0) is 16.0 Å². The van der Waals surface area contributed by atoms with E-state index in [9.17, 15) is 14.0 Å². The third kappa shape index (κ3) is 4.55. The number of rotatable bonds is 7. The number of nitrogens with two attached hydrogens (primary N) is 1. The number of H-pyrrole nitrogens is 1. The van der Waals surface area contributed by atoms with Gasteiger partial charge in [-0.1, -0.05) is 13.8 Å². The lowest BCUT2D eigenvalue weighted by atomic mass is 10.1. The number of nitrogens with one attached hydrogen (secondary N) is 3. The highest BCUT2D eigenvalue weighted by Crippen LogP contribution is 2.19. The van der Waals surface area contributed by atoms with Gasteiger partial charge in [0.25, 0.3) is 0 Å². The molecule has 0 unspecified atom stereocenters. The van der Waals surface area contributed by atoms with E-state index in [1.54, 1.807) is 12.3 Å². The average molecular weight is 334 g/mol. The second kappa shape index (κ2) is 7.92. The van der Waals surface area contributed by atoms with E-state index in [1.165, 1.54) is 12.1 Å². The van der Waals surface area contributed by atoms with Crippen LogP contribution in [0.1, 0.15) is 19.4 Å². The summed E-state index contributed by atoms with van der Waals surface area (Å²) < 4.78 is 13.1. The van der Waals surface area contributed by atoms with Crippen molar-refractivity contribution >= 4 is 22.7 Å². The van der Waals surface area contributed by atoms with E-state index >= 15 is 0 Å². The number of aromatic amines is 1. The maximum Gasteiger partial charge on any atom is 0.239 e. The fourth-order valence-corrected chi connectivity index (χ4v) is 2.35. The molecule has 5 N–H and O–H groups in total. The van der Waals surface area contributed by atoms with Crippen molar-refractivity contribution in [3.05, 3.63) is 35.8 Å². The van der Waals surface area contributed by atoms with E-state index < -0.39 is 6.04 Å². The Kier molecular flexibility index (Phi) is 5.92. The highest BCUT2D eigenvalue weighted by Gasteiger charge is 2.17. The van der Waals surface area contributed by atoms with Gasteiger partial charge in [-0.15, -0.1) is 0 Å². The summed E-state index contributed by atoms with van der Waals surface area (Å²) in [5.41, 5.74) is 7.42. The molecule has 0 radical (unpaired) electrons. The van der Waals surface area contributed by atoms with Crippen LogP contribution in [0.25, 0.3) is 10.9 Å². The van der Waals surface area contributed by atoms with Crippen LogP contribution >= 0.6 is 0 Å². The van der Waals surface area contributed by atoms with Crippen molar-refractivity contribution in [1.29, 1.82) is 0 Å². The Morgan fingerprint density at radius 2 is 2.04 bits per heavy atom. The van der Waals surface area contributed by atoms with Gasteiger partial charge in [-0.3, -0.25) is 9.59 Å². The van der Waals surface area contributed by atoms with E-state index in [0.29, 0.717) is 13.0 Å². The molecule has 1 aromatic carbocycles. The standard InChI is InChI=1S/C17H23FN4O2/c1-10(2)16(19)17(24)22-9-15(23)20-6-5-11-8-21-14-7-12(18)3-4-13(11)14/h3-4,7-8,10,16,21H,5-6,9,19H2,1-2H3,(H,20,23)(H,22,24)/t16-/m0/s1. The highest BCUT2D eigenvalue weighted by atomic mass is 19.1. The summed E-state index contributed by atoms with van der Waals surface area (Å²) in [6, 6.07) is 3.94. The quantitative estimate of drug-likeness (QED) is 0.609. The molecule has 0 aliphatic rings. The topological polar surface area (TPSA) is 100 Å². The summed E-state index contributed by atoms with van der Waals surface area (Å²) in [7, 11) is 0.